The zero-order chi connectivity index (χ0) is 9.14. The van der Waals surface area contributed by atoms with E-state index in [9.17, 15) is 4.79 Å². The number of aromatic nitrogens is 1. The van der Waals surface area contributed by atoms with Crippen LogP contribution in [-0.2, 0) is 6.54 Å². The van der Waals surface area contributed by atoms with Gasteiger partial charge in [-0.15, -0.1) is 0 Å². The summed E-state index contributed by atoms with van der Waals surface area (Å²) in [6.45, 7) is 8.04. The van der Waals surface area contributed by atoms with Gasteiger partial charge in [-0.1, -0.05) is 12.2 Å². The molecule has 0 spiro atoms. The Kier molecular flexibility index (Phi) is 2.48. The standard InChI is InChI=1S/C10H13NO/c1-8(2)7-11-6-4-5-10(11)9(3)12/h4-6H,1,7H2,2-3H3. The second-order valence-electron chi connectivity index (χ2n) is 3.03. The van der Waals surface area contributed by atoms with Gasteiger partial charge < -0.3 is 4.57 Å². The Morgan fingerprint density at radius 1 is 1.58 bits per heavy atom. The fourth-order valence-electron chi connectivity index (χ4n) is 1.16. The minimum atomic E-state index is 0.0984. The van der Waals surface area contributed by atoms with Gasteiger partial charge in [-0.3, -0.25) is 4.79 Å². The van der Waals surface area contributed by atoms with Crippen molar-refractivity contribution >= 4 is 5.78 Å². The molecule has 0 aliphatic carbocycles. The van der Waals surface area contributed by atoms with E-state index in [1.165, 1.54) is 0 Å². The quantitative estimate of drug-likeness (QED) is 0.495. The molecule has 0 N–H and O–H groups in total. The smallest absolute Gasteiger partial charge is 0.176 e. The molecule has 1 rings (SSSR count). The lowest BCUT2D eigenvalue weighted by Gasteiger charge is -2.05. The zero-order valence-corrected chi connectivity index (χ0v) is 7.50. The van der Waals surface area contributed by atoms with Crippen LogP contribution in [0.25, 0.3) is 0 Å². The van der Waals surface area contributed by atoms with Crippen LogP contribution in [0.3, 0.4) is 0 Å². The van der Waals surface area contributed by atoms with Crippen LogP contribution < -0.4 is 0 Å². The molecule has 0 fully saturated rings. The van der Waals surface area contributed by atoms with E-state index >= 15 is 0 Å². The third-order valence-corrected chi connectivity index (χ3v) is 1.63. The normalized spacial score (nSPS) is 9.83. The number of ketones is 1. The van der Waals surface area contributed by atoms with Gasteiger partial charge in [0.2, 0.25) is 0 Å². The zero-order valence-electron chi connectivity index (χ0n) is 7.50. The van der Waals surface area contributed by atoms with Crippen LogP contribution in [0.5, 0.6) is 0 Å². The maximum atomic E-state index is 11.1. The molecule has 0 aromatic carbocycles. The van der Waals surface area contributed by atoms with Crippen molar-refractivity contribution in [1.29, 1.82) is 0 Å². The van der Waals surface area contributed by atoms with Crippen molar-refractivity contribution < 1.29 is 4.79 Å². The average Bonchev–Trinajstić information content (AvgIpc) is 2.33. The number of hydrogen-bond acceptors (Lipinski definition) is 1. The summed E-state index contributed by atoms with van der Waals surface area (Å²) in [6, 6.07) is 3.70. The number of carbonyl (C=O) groups is 1. The van der Waals surface area contributed by atoms with Crippen molar-refractivity contribution in [3.05, 3.63) is 36.2 Å². The first-order chi connectivity index (χ1) is 5.61. The van der Waals surface area contributed by atoms with Crippen LogP contribution in [0.4, 0.5) is 0 Å². The minimum Gasteiger partial charge on any atom is -0.341 e. The minimum absolute atomic E-state index is 0.0984. The molecule has 12 heavy (non-hydrogen) atoms. The van der Waals surface area contributed by atoms with Crippen LogP contribution in [0.1, 0.15) is 24.3 Å². The van der Waals surface area contributed by atoms with Crippen LogP contribution in [-0.4, -0.2) is 10.4 Å². The topological polar surface area (TPSA) is 22.0 Å². The molecule has 0 atom stereocenters. The molecular formula is C10H13NO. The predicted molar refractivity (Wildman–Crippen MR) is 49.3 cm³/mol. The highest BCUT2D eigenvalue weighted by molar-refractivity contribution is 5.92. The Morgan fingerprint density at radius 2 is 2.25 bits per heavy atom. The van der Waals surface area contributed by atoms with Gasteiger partial charge in [0, 0.05) is 19.7 Å². The summed E-state index contributed by atoms with van der Waals surface area (Å²) in [7, 11) is 0. The van der Waals surface area contributed by atoms with E-state index in [2.05, 4.69) is 6.58 Å². The number of Topliss-reactive ketones (excluding diaryl/α,β-unsaturated/α-hetero) is 1. The number of carbonyl (C=O) groups excluding carboxylic acids is 1. The van der Waals surface area contributed by atoms with E-state index < -0.39 is 0 Å². The molecule has 0 amide bonds. The van der Waals surface area contributed by atoms with E-state index in [1.54, 1.807) is 6.92 Å². The summed E-state index contributed by atoms with van der Waals surface area (Å²) in [4.78, 5) is 11.1. The van der Waals surface area contributed by atoms with Crippen molar-refractivity contribution in [3.63, 3.8) is 0 Å². The molecule has 2 nitrogen and oxygen atoms in total. The molecule has 2 heteroatoms. The van der Waals surface area contributed by atoms with Crippen molar-refractivity contribution in [1.82, 2.24) is 4.57 Å². The Hall–Kier alpha value is -1.31. The van der Waals surface area contributed by atoms with Gasteiger partial charge in [-0.25, -0.2) is 0 Å². The molecule has 0 radical (unpaired) electrons. The Balaban J connectivity index is 2.91. The van der Waals surface area contributed by atoms with E-state index in [1.807, 2.05) is 29.8 Å². The molecule has 0 unspecified atom stereocenters. The largest absolute Gasteiger partial charge is 0.341 e. The second kappa shape index (κ2) is 3.39. The highest BCUT2D eigenvalue weighted by Gasteiger charge is 2.04. The number of allylic oxidation sites excluding steroid dienone is 1. The molecule has 0 aliphatic heterocycles. The van der Waals surface area contributed by atoms with Gasteiger partial charge >= 0.3 is 0 Å². The third-order valence-electron chi connectivity index (χ3n) is 1.63. The third kappa shape index (κ3) is 1.84. The van der Waals surface area contributed by atoms with Crippen LogP contribution in [0, 0.1) is 0 Å². The summed E-state index contributed by atoms with van der Waals surface area (Å²) >= 11 is 0. The lowest BCUT2D eigenvalue weighted by Crippen LogP contribution is -2.05. The number of nitrogens with zero attached hydrogens (tertiary/aromatic N) is 1. The van der Waals surface area contributed by atoms with E-state index in [0.717, 1.165) is 17.8 Å². The summed E-state index contributed by atoms with van der Waals surface area (Å²) in [5, 5.41) is 0. The summed E-state index contributed by atoms with van der Waals surface area (Å²) < 4.78 is 1.91. The first-order valence-electron chi connectivity index (χ1n) is 3.91. The first kappa shape index (κ1) is 8.78. The fraction of sp³-hybridized carbons (Fsp3) is 0.300. The second-order valence-corrected chi connectivity index (χ2v) is 3.03. The fourth-order valence-corrected chi connectivity index (χ4v) is 1.16. The van der Waals surface area contributed by atoms with Gasteiger partial charge in [0.25, 0.3) is 0 Å². The molecule has 64 valence electrons. The molecule has 0 bridgehead atoms. The monoisotopic (exact) mass is 163 g/mol. The number of rotatable bonds is 3. The highest BCUT2D eigenvalue weighted by Crippen LogP contribution is 2.05. The van der Waals surface area contributed by atoms with Gasteiger partial charge in [-0.2, -0.15) is 0 Å². The molecule has 1 heterocycles. The molecule has 1 aromatic heterocycles. The van der Waals surface area contributed by atoms with Crippen molar-refractivity contribution in [2.75, 3.05) is 0 Å². The SMILES string of the molecule is C=C(C)Cn1cccc1C(C)=O. The van der Waals surface area contributed by atoms with E-state index in [-0.39, 0.29) is 5.78 Å². The maximum absolute atomic E-state index is 11.1. The molecular weight excluding hydrogens is 150 g/mol. The molecule has 0 saturated heterocycles. The molecule has 0 aliphatic rings. The van der Waals surface area contributed by atoms with Crippen molar-refractivity contribution in [3.8, 4) is 0 Å². The summed E-state index contributed by atoms with van der Waals surface area (Å²) in [6.07, 6.45) is 1.89. The van der Waals surface area contributed by atoms with Gasteiger partial charge in [0.1, 0.15) is 0 Å². The average molecular weight is 163 g/mol. The summed E-state index contributed by atoms with van der Waals surface area (Å²) in [5.41, 5.74) is 1.80. The first-order valence-corrected chi connectivity index (χ1v) is 3.91. The lowest BCUT2D eigenvalue weighted by molar-refractivity contribution is 0.100. The maximum Gasteiger partial charge on any atom is 0.176 e. The predicted octanol–water partition coefficient (Wildman–Crippen LogP) is 2.27. The Morgan fingerprint density at radius 3 is 2.75 bits per heavy atom. The summed E-state index contributed by atoms with van der Waals surface area (Å²) in [5.74, 6) is 0.0984. The van der Waals surface area contributed by atoms with Crippen LogP contribution in [0.15, 0.2) is 30.5 Å². The molecule has 0 saturated carbocycles. The highest BCUT2D eigenvalue weighted by atomic mass is 16.1. The van der Waals surface area contributed by atoms with Crippen LogP contribution in [0.2, 0.25) is 0 Å². The Bertz CT molecular complexity index is 309. The van der Waals surface area contributed by atoms with Gasteiger partial charge in [0.05, 0.1) is 5.69 Å². The van der Waals surface area contributed by atoms with E-state index in [4.69, 9.17) is 0 Å². The van der Waals surface area contributed by atoms with E-state index in [0.29, 0.717) is 0 Å². The molecule has 1 aromatic rings. The van der Waals surface area contributed by atoms with Gasteiger partial charge in [-0.05, 0) is 19.1 Å². The Labute approximate surface area is 72.5 Å². The lowest BCUT2D eigenvalue weighted by atomic mass is 10.3. The van der Waals surface area contributed by atoms with Gasteiger partial charge in [0.15, 0.2) is 5.78 Å². The van der Waals surface area contributed by atoms with Crippen molar-refractivity contribution in [2.24, 2.45) is 0 Å². The van der Waals surface area contributed by atoms with Crippen molar-refractivity contribution in [2.45, 2.75) is 20.4 Å². The van der Waals surface area contributed by atoms with Crippen LogP contribution >= 0.6 is 0 Å². The number of hydrogen-bond donors (Lipinski definition) is 0.